The number of aliphatic hydroxyl groups is 1. The molecule has 1 aromatic heterocycles. The minimum Gasteiger partial charge on any atom is -0.396 e. The summed E-state index contributed by atoms with van der Waals surface area (Å²) in [4.78, 5) is 0.255. The third kappa shape index (κ3) is 3.34. The Morgan fingerprint density at radius 2 is 2.26 bits per heavy atom. The maximum Gasteiger partial charge on any atom is 0.246 e. The quantitative estimate of drug-likeness (QED) is 0.768. The Morgan fingerprint density at radius 3 is 2.84 bits per heavy atom. The Labute approximate surface area is 114 Å². The van der Waals surface area contributed by atoms with E-state index in [0.717, 1.165) is 19.3 Å². The molecule has 2 rings (SSSR count). The average molecular weight is 287 g/mol. The predicted octanol–water partition coefficient (Wildman–Crippen LogP) is 0.829. The van der Waals surface area contributed by atoms with Crippen molar-refractivity contribution in [3.8, 4) is 0 Å². The number of aromatic nitrogens is 2. The second-order valence-electron chi connectivity index (χ2n) is 4.86. The van der Waals surface area contributed by atoms with Crippen molar-refractivity contribution >= 4 is 10.0 Å². The van der Waals surface area contributed by atoms with E-state index in [1.54, 1.807) is 15.2 Å². The van der Waals surface area contributed by atoms with Crippen LogP contribution in [0.25, 0.3) is 0 Å². The summed E-state index contributed by atoms with van der Waals surface area (Å²) >= 11 is 0. The molecule has 1 aliphatic carbocycles. The van der Waals surface area contributed by atoms with E-state index >= 15 is 0 Å². The van der Waals surface area contributed by atoms with Crippen LogP contribution in [0, 0.1) is 0 Å². The summed E-state index contributed by atoms with van der Waals surface area (Å²) in [5, 5.41) is 12.8. The smallest absolute Gasteiger partial charge is 0.246 e. The molecular weight excluding hydrogens is 266 g/mol. The van der Waals surface area contributed by atoms with Crippen LogP contribution in [-0.4, -0.2) is 46.8 Å². The van der Waals surface area contributed by atoms with Crippen molar-refractivity contribution in [1.29, 1.82) is 0 Å². The number of sulfonamides is 1. The van der Waals surface area contributed by atoms with Gasteiger partial charge in [-0.1, -0.05) is 6.92 Å². The zero-order valence-electron chi connectivity index (χ0n) is 11.2. The molecule has 0 atom stereocenters. The standard InChI is InChI=1S/C12H21N3O3S/c1-2-6-15(11-4-5-11)19(17,18)12-9-13-14(10-12)7-3-8-16/h9-11,16H,2-8H2,1H3. The van der Waals surface area contributed by atoms with E-state index < -0.39 is 10.0 Å². The lowest BCUT2D eigenvalue weighted by molar-refractivity contribution is 0.277. The molecule has 0 aliphatic heterocycles. The fourth-order valence-electron chi connectivity index (χ4n) is 2.05. The highest BCUT2D eigenvalue weighted by Crippen LogP contribution is 2.31. The lowest BCUT2D eigenvalue weighted by Gasteiger charge is -2.19. The second-order valence-corrected chi connectivity index (χ2v) is 6.75. The SMILES string of the molecule is CCCN(C1CC1)S(=O)(=O)c1cnn(CCCO)c1. The number of hydrogen-bond donors (Lipinski definition) is 1. The van der Waals surface area contributed by atoms with E-state index in [1.165, 1.54) is 6.20 Å². The summed E-state index contributed by atoms with van der Waals surface area (Å²) in [6, 6.07) is 0.172. The van der Waals surface area contributed by atoms with E-state index in [1.807, 2.05) is 6.92 Å². The van der Waals surface area contributed by atoms with E-state index in [2.05, 4.69) is 5.10 Å². The van der Waals surface area contributed by atoms with E-state index in [9.17, 15) is 8.42 Å². The highest BCUT2D eigenvalue weighted by Gasteiger charge is 2.37. The molecule has 7 heteroatoms. The number of aryl methyl sites for hydroxylation is 1. The third-order valence-corrected chi connectivity index (χ3v) is 5.06. The molecule has 0 radical (unpaired) electrons. The first-order valence-electron chi connectivity index (χ1n) is 6.74. The number of hydrogen-bond acceptors (Lipinski definition) is 4. The first kappa shape index (κ1) is 14.5. The zero-order valence-corrected chi connectivity index (χ0v) is 12.0. The van der Waals surface area contributed by atoms with Crippen LogP contribution in [0.5, 0.6) is 0 Å². The molecule has 1 N–H and O–H groups in total. The first-order chi connectivity index (χ1) is 9.09. The summed E-state index contributed by atoms with van der Waals surface area (Å²) in [6.07, 6.45) is 6.25. The number of aliphatic hydroxyl groups excluding tert-OH is 1. The molecule has 1 aromatic rings. The fraction of sp³-hybridized carbons (Fsp3) is 0.750. The summed E-state index contributed by atoms with van der Waals surface area (Å²) in [7, 11) is -3.42. The molecule has 1 saturated carbocycles. The Hall–Kier alpha value is -0.920. The van der Waals surface area contributed by atoms with Crippen LogP contribution in [0.4, 0.5) is 0 Å². The molecule has 19 heavy (non-hydrogen) atoms. The molecule has 0 unspecified atom stereocenters. The number of nitrogens with zero attached hydrogens (tertiary/aromatic N) is 3. The highest BCUT2D eigenvalue weighted by atomic mass is 32.2. The van der Waals surface area contributed by atoms with Crippen LogP contribution < -0.4 is 0 Å². The number of rotatable bonds is 8. The van der Waals surface area contributed by atoms with Gasteiger partial charge in [-0.3, -0.25) is 4.68 Å². The van der Waals surface area contributed by atoms with Gasteiger partial charge in [0, 0.05) is 31.9 Å². The van der Waals surface area contributed by atoms with Crippen molar-refractivity contribution < 1.29 is 13.5 Å². The first-order valence-corrected chi connectivity index (χ1v) is 8.18. The van der Waals surface area contributed by atoms with Crippen LogP contribution in [0.1, 0.15) is 32.6 Å². The van der Waals surface area contributed by atoms with Crippen LogP contribution in [0.3, 0.4) is 0 Å². The van der Waals surface area contributed by atoms with Crippen LogP contribution in [-0.2, 0) is 16.6 Å². The average Bonchev–Trinajstić information content (AvgIpc) is 3.10. The Bertz CT molecular complexity index is 508. The molecule has 108 valence electrons. The molecular formula is C12H21N3O3S. The van der Waals surface area contributed by atoms with Crippen molar-refractivity contribution in [3.63, 3.8) is 0 Å². The van der Waals surface area contributed by atoms with Gasteiger partial charge in [0.2, 0.25) is 10.0 Å². The second kappa shape index (κ2) is 6.02. The van der Waals surface area contributed by atoms with Crippen LogP contribution in [0.15, 0.2) is 17.3 Å². The third-order valence-electron chi connectivity index (χ3n) is 3.16. The normalized spacial score (nSPS) is 16.2. The Balaban J connectivity index is 2.15. The summed E-state index contributed by atoms with van der Waals surface area (Å²) in [6.45, 7) is 3.15. The molecule has 1 aliphatic rings. The summed E-state index contributed by atoms with van der Waals surface area (Å²) in [5.74, 6) is 0. The zero-order chi connectivity index (χ0) is 13.9. The van der Waals surface area contributed by atoms with Crippen molar-refractivity contribution in [2.75, 3.05) is 13.2 Å². The van der Waals surface area contributed by atoms with Crippen molar-refractivity contribution in [2.24, 2.45) is 0 Å². The summed E-state index contributed by atoms with van der Waals surface area (Å²) in [5.41, 5.74) is 0. The van der Waals surface area contributed by atoms with E-state index in [-0.39, 0.29) is 17.5 Å². The molecule has 0 spiro atoms. The van der Waals surface area contributed by atoms with Gasteiger partial charge in [0.05, 0.1) is 6.20 Å². The lowest BCUT2D eigenvalue weighted by Crippen LogP contribution is -2.33. The molecule has 0 aromatic carbocycles. The van der Waals surface area contributed by atoms with Gasteiger partial charge < -0.3 is 5.11 Å². The van der Waals surface area contributed by atoms with Crippen molar-refractivity contribution in [2.45, 2.75) is 50.1 Å². The van der Waals surface area contributed by atoms with Gasteiger partial charge in [-0.25, -0.2) is 8.42 Å². The van der Waals surface area contributed by atoms with Gasteiger partial charge in [0.1, 0.15) is 4.90 Å². The maximum absolute atomic E-state index is 12.5. The fourth-order valence-corrected chi connectivity index (χ4v) is 3.78. The Morgan fingerprint density at radius 1 is 1.53 bits per heavy atom. The van der Waals surface area contributed by atoms with Gasteiger partial charge in [-0.05, 0) is 25.7 Å². The van der Waals surface area contributed by atoms with Gasteiger partial charge in [0.15, 0.2) is 0 Å². The van der Waals surface area contributed by atoms with Crippen molar-refractivity contribution in [3.05, 3.63) is 12.4 Å². The topological polar surface area (TPSA) is 75.4 Å². The van der Waals surface area contributed by atoms with E-state index in [4.69, 9.17) is 5.11 Å². The predicted molar refractivity (Wildman–Crippen MR) is 71.1 cm³/mol. The minimum atomic E-state index is -3.42. The molecule has 0 bridgehead atoms. The van der Waals surface area contributed by atoms with Crippen LogP contribution in [0.2, 0.25) is 0 Å². The molecule has 6 nitrogen and oxygen atoms in total. The highest BCUT2D eigenvalue weighted by molar-refractivity contribution is 7.89. The molecule has 1 heterocycles. The van der Waals surface area contributed by atoms with Crippen LogP contribution >= 0.6 is 0 Å². The Kier molecular flexibility index (Phi) is 4.59. The van der Waals surface area contributed by atoms with Gasteiger partial charge in [0.25, 0.3) is 0 Å². The van der Waals surface area contributed by atoms with Gasteiger partial charge in [-0.2, -0.15) is 9.40 Å². The van der Waals surface area contributed by atoms with E-state index in [0.29, 0.717) is 19.5 Å². The molecule has 0 saturated heterocycles. The maximum atomic E-state index is 12.5. The molecule has 0 amide bonds. The largest absolute Gasteiger partial charge is 0.396 e. The monoisotopic (exact) mass is 287 g/mol. The van der Waals surface area contributed by atoms with Gasteiger partial charge in [-0.15, -0.1) is 0 Å². The minimum absolute atomic E-state index is 0.0754. The van der Waals surface area contributed by atoms with Crippen molar-refractivity contribution in [1.82, 2.24) is 14.1 Å². The lowest BCUT2D eigenvalue weighted by atomic mass is 10.5. The molecule has 1 fully saturated rings. The summed E-state index contributed by atoms with van der Waals surface area (Å²) < 4.78 is 28.2. The van der Waals surface area contributed by atoms with Gasteiger partial charge >= 0.3 is 0 Å².